The van der Waals surface area contributed by atoms with Crippen molar-refractivity contribution >= 4 is 11.6 Å². The first-order valence-electron chi connectivity index (χ1n) is 9.06. The van der Waals surface area contributed by atoms with Crippen molar-refractivity contribution < 1.29 is 4.79 Å². The summed E-state index contributed by atoms with van der Waals surface area (Å²) in [7, 11) is 2.17. The molecule has 5 nitrogen and oxygen atoms in total. The van der Waals surface area contributed by atoms with Crippen molar-refractivity contribution in [1.82, 2.24) is 4.90 Å². The molecule has 0 unspecified atom stereocenters. The van der Waals surface area contributed by atoms with Crippen LogP contribution in [0.1, 0.15) is 50.0 Å². The summed E-state index contributed by atoms with van der Waals surface area (Å²) in [4.78, 5) is 14.6. The average Bonchev–Trinajstić information content (AvgIpc) is 3.40. The zero-order valence-corrected chi connectivity index (χ0v) is 14.9. The summed E-state index contributed by atoms with van der Waals surface area (Å²) in [6, 6.07) is 8.27. The predicted molar refractivity (Wildman–Crippen MR) is 99.4 cm³/mol. The highest BCUT2D eigenvalue weighted by molar-refractivity contribution is 5.90. The summed E-state index contributed by atoms with van der Waals surface area (Å²) in [5.74, 6) is 3.21. The molecule has 2 aliphatic heterocycles. The van der Waals surface area contributed by atoms with Crippen molar-refractivity contribution in [2.45, 2.75) is 50.1 Å². The number of carbonyl (C=O) groups excluding carboxylic acids is 1. The van der Waals surface area contributed by atoms with Crippen LogP contribution in [-0.4, -0.2) is 36.6 Å². The highest BCUT2D eigenvalue weighted by atomic mass is 16.1. The van der Waals surface area contributed by atoms with Crippen LogP contribution in [0.4, 0.5) is 5.69 Å². The lowest BCUT2D eigenvalue weighted by atomic mass is 9.89. The molecule has 1 amide bonds. The fraction of sp³-hybridized carbons (Fsp3) is 0.550. The summed E-state index contributed by atoms with van der Waals surface area (Å²) in [6.45, 7) is 2.27. The van der Waals surface area contributed by atoms with Gasteiger partial charge in [0.25, 0.3) is 0 Å². The van der Waals surface area contributed by atoms with Crippen LogP contribution >= 0.6 is 0 Å². The van der Waals surface area contributed by atoms with Crippen LogP contribution in [0.5, 0.6) is 0 Å². The first kappa shape index (κ1) is 17.6. The fourth-order valence-corrected chi connectivity index (χ4v) is 3.42. The minimum atomic E-state index is -0.389. The monoisotopic (exact) mass is 338 g/mol. The first-order chi connectivity index (χ1) is 12.1. The molecule has 1 N–H and O–H groups in total. The number of nitrogens with one attached hydrogen (secondary N) is 1. The molecular weight excluding hydrogens is 312 g/mol. The normalized spacial score (nSPS) is 19.4. The molecule has 1 fully saturated rings. The molecule has 1 aromatic rings. The molecule has 3 rings (SSSR count). The molecule has 0 bridgehead atoms. The minimum Gasteiger partial charge on any atom is -0.326 e. The number of hydrogen-bond acceptors (Lipinski definition) is 4. The number of nitrogens with zero attached hydrogens (tertiary/aromatic N) is 3. The first-order valence-corrected chi connectivity index (χ1v) is 9.06. The van der Waals surface area contributed by atoms with Crippen molar-refractivity contribution in [3.63, 3.8) is 0 Å². The third kappa shape index (κ3) is 4.90. The average molecular weight is 338 g/mol. The van der Waals surface area contributed by atoms with Gasteiger partial charge in [-0.2, -0.15) is 10.2 Å². The maximum absolute atomic E-state index is 12.2. The number of carbonyl (C=O) groups is 1. The summed E-state index contributed by atoms with van der Waals surface area (Å²) < 4.78 is 0. The van der Waals surface area contributed by atoms with Gasteiger partial charge in [-0.1, -0.05) is 12.1 Å². The van der Waals surface area contributed by atoms with E-state index in [4.69, 9.17) is 6.42 Å². The van der Waals surface area contributed by atoms with E-state index in [-0.39, 0.29) is 11.6 Å². The number of hydrogen-bond donors (Lipinski definition) is 1. The van der Waals surface area contributed by atoms with Crippen molar-refractivity contribution in [2.75, 3.05) is 25.5 Å². The Morgan fingerprint density at radius 2 is 2.12 bits per heavy atom. The largest absolute Gasteiger partial charge is 0.326 e. The van der Waals surface area contributed by atoms with Crippen LogP contribution in [0, 0.1) is 12.3 Å². The predicted octanol–water partition coefficient (Wildman–Crippen LogP) is 3.79. The van der Waals surface area contributed by atoms with Crippen LogP contribution in [-0.2, 0) is 4.79 Å². The maximum Gasteiger partial charge on any atom is 0.224 e. The summed E-state index contributed by atoms with van der Waals surface area (Å²) >= 11 is 0. The van der Waals surface area contributed by atoms with Gasteiger partial charge in [-0.3, -0.25) is 4.79 Å². The molecule has 0 aromatic heterocycles. The zero-order valence-electron chi connectivity index (χ0n) is 14.9. The number of piperidine rings is 1. The van der Waals surface area contributed by atoms with Gasteiger partial charge in [0.05, 0.1) is 0 Å². The van der Waals surface area contributed by atoms with Crippen molar-refractivity contribution in [1.29, 1.82) is 0 Å². The number of rotatable bonds is 7. The Morgan fingerprint density at radius 1 is 1.36 bits per heavy atom. The summed E-state index contributed by atoms with van der Waals surface area (Å²) in [5, 5.41) is 11.2. The van der Waals surface area contributed by atoms with E-state index in [1.807, 2.05) is 12.1 Å². The van der Waals surface area contributed by atoms with Gasteiger partial charge in [-0.25, -0.2) is 0 Å². The maximum atomic E-state index is 12.2. The van der Waals surface area contributed by atoms with E-state index >= 15 is 0 Å². The molecule has 2 heterocycles. The Balaban J connectivity index is 1.50. The number of benzene rings is 1. The molecule has 5 heteroatoms. The van der Waals surface area contributed by atoms with Gasteiger partial charge in [-0.05, 0) is 56.6 Å². The Bertz CT molecular complexity index is 677. The van der Waals surface area contributed by atoms with Gasteiger partial charge in [0.1, 0.15) is 0 Å². The van der Waals surface area contributed by atoms with E-state index in [0.29, 0.717) is 25.2 Å². The molecule has 25 heavy (non-hydrogen) atoms. The van der Waals surface area contributed by atoms with Gasteiger partial charge in [-0.15, -0.1) is 12.3 Å². The van der Waals surface area contributed by atoms with Crippen LogP contribution in [0.3, 0.4) is 0 Å². The van der Waals surface area contributed by atoms with Gasteiger partial charge < -0.3 is 10.2 Å². The Labute approximate surface area is 149 Å². The van der Waals surface area contributed by atoms with Crippen LogP contribution in [0.15, 0.2) is 34.5 Å². The molecule has 0 saturated carbocycles. The summed E-state index contributed by atoms with van der Waals surface area (Å²) in [6.07, 6.45) is 10.1. The molecule has 1 aromatic carbocycles. The molecule has 1 saturated heterocycles. The minimum absolute atomic E-state index is 0.0120. The standard InChI is InChI=1S/C20H26N4O/c1-3-4-11-20(22-23-20)12-8-19(25)21-18-7-5-6-17(15-18)16-9-13-24(2)14-10-16/h1,5-7,15-16H,4,8-14H2,2H3,(H,21,25). The molecule has 0 spiro atoms. The molecule has 132 valence electrons. The molecule has 0 atom stereocenters. The third-order valence-electron chi connectivity index (χ3n) is 5.17. The Morgan fingerprint density at radius 3 is 2.80 bits per heavy atom. The number of likely N-dealkylation sites (tertiary alicyclic amines) is 1. The van der Waals surface area contributed by atoms with E-state index in [1.54, 1.807) is 0 Å². The fourth-order valence-electron chi connectivity index (χ4n) is 3.42. The molecular formula is C20H26N4O. The lowest BCUT2D eigenvalue weighted by Crippen LogP contribution is -2.29. The van der Waals surface area contributed by atoms with Crippen molar-refractivity contribution in [3.05, 3.63) is 29.8 Å². The van der Waals surface area contributed by atoms with Crippen molar-refractivity contribution in [2.24, 2.45) is 10.2 Å². The number of amides is 1. The van der Waals surface area contributed by atoms with E-state index in [1.165, 1.54) is 18.4 Å². The lowest BCUT2D eigenvalue weighted by Gasteiger charge is -2.29. The SMILES string of the molecule is C#CCCC1(CCC(=O)Nc2cccc(C3CCN(C)CC3)c2)N=N1. The topological polar surface area (TPSA) is 57.1 Å². The molecule has 0 radical (unpaired) electrons. The lowest BCUT2D eigenvalue weighted by molar-refractivity contribution is -0.116. The Hall–Kier alpha value is -2.19. The summed E-state index contributed by atoms with van der Waals surface area (Å²) in [5.41, 5.74) is 1.81. The Kier molecular flexibility index (Phi) is 5.50. The van der Waals surface area contributed by atoms with Crippen LogP contribution in [0.25, 0.3) is 0 Å². The van der Waals surface area contributed by atoms with Gasteiger partial charge >= 0.3 is 0 Å². The van der Waals surface area contributed by atoms with E-state index in [0.717, 1.165) is 25.2 Å². The number of anilines is 1. The second-order valence-electron chi connectivity index (χ2n) is 7.14. The smallest absolute Gasteiger partial charge is 0.224 e. The van der Waals surface area contributed by atoms with Crippen LogP contribution < -0.4 is 5.32 Å². The van der Waals surface area contributed by atoms with Crippen molar-refractivity contribution in [3.8, 4) is 12.3 Å². The van der Waals surface area contributed by atoms with Gasteiger partial charge in [0, 0.05) is 31.4 Å². The van der Waals surface area contributed by atoms with Gasteiger partial charge in [0.15, 0.2) is 5.66 Å². The van der Waals surface area contributed by atoms with E-state index < -0.39 is 0 Å². The van der Waals surface area contributed by atoms with Crippen LogP contribution in [0.2, 0.25) is 0 Å². The number of terminal acetylenes is 1. The third-order valence-corrected chi connectivity index (χ3v) is 5.17. The van der Waals surface area contributed by atoms with Gasteiger partial charge in [0.2, 0.25) is 5.91 Å². The molecule has 2 aliphatic rings. The van der Waals surface area contributed by atoms with E-state index in [2.05, 4.69) is 45.5 Å². The second-order valence-corrected chi connectivity index (χ2v) is 7.14. The highest BCUT2D eigenvalue weighted by Gasteiger charge is 2.39. The van der Waals surface area contributed by atoms with E-state index in [9.17, 15) is 4.79 Å². The molecule has 0 aliphatic carbocycles. The second kappa shape index (κ2) is 7.79. The highest BCUT2D eigenvalue weighted by Crippen LogP contribution is 2.37. The quantitative estimate of drug-likeness (QED) is 0.769. The zero-order chi connectivity index (χ0) is 17.7.